The van der Waals surface area contributed by atoms with Crippen LogP contribution < -0.4 is 10.6 Å². The van der Waals surface area contributed by atoms with Crippen molar-refractivity contribution in [2.75, 3.05) is 12.4 Å². The minimum absolute atomic E-state index is 0.342. The molecule has 6 nitrogen and oxygen atoms in total. The second kappa shape index (κ2) is 8.10. The third-order valence-electron chi connectivity index (χ3n) is 4.47. The minimum atomic E-state index is -0.834. The van der Waals surface area contributed by atoms with Gasteiger partial charge in [0.15, 0.2) is 0 Å². The first-order valence-corrected chi connectivity index (χ1v) is 9.69. The zero-order valence-corrected chi connectivity index (χ0v) is 16.5. The highest BCUT2D eigenvalue weighted by Gasteiger charge is 2.29. The number of ether oxygens (including phenoxy) is 1. The number of rotatable bonds is 3. The number of nitrogens with one attached hydrogen (secondary N) is 2. The number of hydrogen-bond donors (Lipinski definition) is 2. The molecule has 2 N–H and O–H groups in total. The van der Waals surface area contributed by atoms with Gasteiger partial charge in [-0.1, -0.05) is 18.5 Å². The van der Waals surface area contributed by atoms with E-state index in [0.29, 0.717) is 27.1 Å². The molecule has 2 aromatic rings. The number of hydrogen-bond acceptors (Lipinski definition) is 5. The molecule has 0 fully saturated rings. The zero-order valence-electron chi connectivity index (χ0n) is 14.9. The maximum absolute atomic E-state index is 12.6. The minimum Gasteiger partial charge on any atom is -0.453 e. The van der Waals surface area contributed by atoms with E-state index in [9.17, 15) is 14.4 Å². The van der Waals surface area contributed by atoms with Crippen LogP contribution in [0.5, 0.6) is 0 Å². The summed E-state index contributed by atoms with van der Waals surface area (Å²) in [6.45, 7) is 2.16. The van der Waals surface area contributed by atoms with Crippen molar-refractivity contribution < 1.29 is 19.1 Å². The molecule has 0 spiro atoms. The van der Waals surface area contributed by atoms with Crippen LogP contribution in [0.15, 0.2) is 24.3 Å². The monoisotopic (exact) mass is 406 g/mol. The first-order chi connectivity index (χ1) is 12.9. The van der Waals surface area contributed by atoms with Crippen LogP contribution in [-0.4, -0.2) is 25.0 Å². The van der Waals surface area contributed by atoms with Crippen LogP contribution in [0.4, 0.5) is 9.80 Å². The number of imide groups is 1. The van der Waals surface area contributed by atoms with E-state index in [2.05, 4.69) is 22.3 Å². The van der Waals surface area contributed by atoms with Gasteiger partial charge in [0.1, 0.15) is 5.00 Å². The van der Waals surface area contributed by atoms with Gasteiger partial charge in [-0.25, -0.2) is 4.79 Å². The first kappa shape index (κ1) is 19.4. The van der Waals surface area contributed by atoms with Crippen molar-refractivity contribution in [2.45, 2.75) is 26.2 Å². The fourth-order valence-corrected chi connectivity index (χ4v) is 4.59. The maximum Gasteiger partial charge on any atom is 0.413 e. The standard InChI is InChI=1S/C19H19ClN2O4S/c1-10-3-8-13-14(9-10)27-18(15(13)17(24)22-19(25)26-2)21-16(23)11-4-6-12(20)7-5-11/h4-7,10H,3,8-9H2,1-2H3,(H,21,23)(H,22,24,25)/t10-/m0/s1. The van der Waals surface area contributed by atoms with Crippen molar-refractivity contribution in [1.82, 2.24) is 5.32 Å². The lowest BCUT2D eigenvalue weighted by molar-refractivity contribution is 0.0937. The summed E-state index contributed by atoms with van der Waals surface area (Å²) in [6, 6.07) is 6.48. The molecular formula is C19H19ClN2O4S. The summed E-state index contributed by atoms with van der Waals surface area (Å²) >= 11 is 7.25. The molecule has 1 aromatic heterocycles. The number of thiophene rings is 1. The van der Waals surface area contributed by atoms with Gasteiger partial charge in [-0.2, -0.15) is 0 Å². The summed E-state index contributed by atoms with van der Waals surface area (Å²) in [5, 5.41) is 5.98. The van der Waals surface area contributed by atoms with Crippen molar-refractivity contribution in [3.63, 3.8) is 0 Å². The molecule has 1 heterocycles. The molecule has 0 radical (unpaired) electrons. The van der Waals surface area contributed by atoms with Gasteiger partial charge in [0.2, 0.25) is 0 Å². The van der Waals surface area contributed by atoms with Crippen LogP contribution in [0.2, 0.25) is 5.02 Å². The van der Waals surface area contributed by atoms with E-state index >= 15 is 0 Å². The van der Waals surface area contributed by atoms with Crippen molar-refractivity contribution >= 4 is 45.8 Å². The largest absolute Gasteiger partial charge is 0.453 e. The van der Waals surface area contributed by atoms with Gasteiger partial charge in [-0.3, -0.25) is 14.9 Å². The van der Waals surface area contributed by atoms with Crippen LogP contribution in [0.3, 0.4) is 0 Å². The number of anilines is 1. The molecule has 1 aliphatic rings. The van der Waals surface area contributed by atoms with E-state index in [1.54, 1.807) is 24.3 Å². The Bertz CT molecular complexity index is 892. The van der Waals surface area contributed by atoms with Crippen LogP contribution >= 0.6 is 22.9 Å². The average molecular weight is 407 g/mol. The van der Waals surface area contributed by atoms with E-state index < -0.39 is 12.0 Å². The summed E-state index contributed by atoms with van der Waals surface area (Å²) < 4.78 is 4.51. The summed E-state index contributed by atoms with van der Waals surface area (Å²) in [7, 11) is 1.19. The number of carbonyl (C=O) groups is 3. The van der Waals surface area contributed by atoms with Crippen LogP contribution in [0.25, 0.3) is 0 Å². The first-order valence-electron chi connectivity index (χ1n) is 8.49. The maximum atomic E-state index is 12.6. The molecule has 142 valence electrons. The number of benzene rings is 1. The van der Waals surface area contributed by atoms with Crippen LogP contribution in [0, 0.1) is 5.92 Å². The smallest absolute Gasteiger partial charge is 0.413 e. The van der Waals surface area contributed by atoms with E-state index in [1.165, 1.54) is 18.4 Å². The number of methoxy groups -OCH3 is 1. The van der Waals surface area contributed by atoms with Gasteiger partial charge in [-0.05, 0) is 55.0 Å². The van der Waals surface area contributed by atoms with Gasteiger partial charge < -0.3 is 10.1 Å². The molecule has 0 bridgehead atoms. The Hall–Kier alpha value is -2.38. The molecule has 3 rings (SSSR count). The normalized spacial score (nSPS) is 15.6. The molecule has 1 aromatic carbocycles. The lowest BCUT2D eigenvalue weighted by atomic mass is 9.88. The topological polar surface area (TPSA) is 84.5 Å². The number of halogens is 1. The molecule has 0 unspecified atom stereocenters. The second-order valence-corrected chi connectivity index (χ2v) is 8.00. The number of amides is 3. The van der Waals surface area contributed by atoms with Gasteiger partial charge in [-0.15, -0.1) is 11.3 Å². The van der Waals surface area contributed by atoms with Crippen molar-refractivity contribution in [2.24, 2.45) is 5.92 Å². The van der Waals surface area contributed by atoms with E-state index in [1.807, 2.05) is 0 Å². The molecule has 8 heteroatoms. The van der Waals surface area contributed by atoms with E-state index in [-0.39, 0.29) is 5.91 Å². The number of fused-ring (bicyclic) bond motifs is 1. The molecular weight excluding hydrogens is 388 g/mol. The fraction of sp³-hybridized carbons (Fsp3) is 0.316. The van der Waals surface area contributed by atoms with Crippen molar-refractivity contribution in [1.29, 1.82) is 0 Å². The third-order valence-corrected chi connectivity index (χ3v) is 5.89. The average Bonchev–Trinajstić information content (AvgIpc) is 2.98. The molecule has 1 atom stereocenters. The Balaban J connectivity index is 1.93. The molecule has 27 heavy (non-hydrogen) atoms. The number of carbonyl (C=O) groups excluding carboxylic acids is 3. The van der Waals surface area contributed by atoms with E-state index in [0.717, 1.165) is 29.7 Å². The van der Waals surface area contributed by atoms with Crippen molar-refractivity contribution in [3.8, 4) is 0 Å². The lowest BCUT2D eigenvalue weighted by Crippen LogP contribution is -2.31. The second-order valence-electron chi connectivity index (χ2n) is 6.46. The van der Waals surface area contributed by atoms with Crippen LogP contribution in [-0.2, 0) is 17.6 Å². The summed E-state index contributed by atoms with van der Waals surface area (Å²) in [6.07, 6.45) is 1.69. The Morgan fingerprint density at radius 1 is 1.19 bits per heavy atom. The summed E-state index contributed by atoms with van der Waals surface area (Å²) in [5.41, 5.74) is 1.67. The van der Waals surface area contributed by atoms with E-state index in [4.69, 9.17) is 11.6 Å². The lowest BCUT2D eigenvalue weighted by Gasteiger charge is -2.18. The molecule has 0 saturated carbocycles. The predicted molar refractivity (Wildman–Crippen MR) is 105 cm³/mol. The zero-order chi connectivity index (χ0) is 19.6. The van der Waals surface area contributed by atoms with Crippen molar-refractivity contribution in [3.05, 3.63) is 50.9 Å². The highest BCUT2D eigenvalue weighted by atomic mass is 35.5. The fourth-order valence-electron chi connectivity index (χ4n) is 3.06. The Morgan fingerprint density at radius 3 is 2.56 bits per heavy atom. The van der Waals surface area contributed by atoms with Gasteiger partial charge >= 0.3 is 6.09 Å². The Kier molecular flexibility index (Phi) is 5.82. The molecule has 3 amide bonds. The highest BCUT2D eigenvalue weighted by molar-refractivity contribution is 7.17. The SMILES string of the molecule is COC(=O)NC(=O)c1c(NC(=O)c2ccc(Cl)cc2)sc2c1CC[C@H](C)C2. The van der Waals surface area contributed by atoms with Gasteiger partial charge in [0, 0.05) is 15.5 Å². The van der Waals surface area contributed by atoms with Gasteiger partial charge in [0.05, 0.1) is 12.7 Å². The summed E-state index contributed by atoms with van der Waals surface area (Å²) in [4.78, 5) is 37.8. The Labute approximate surface area is 165 Å². The molecule has 1 aliphatic carbocycles. The Morgan fingerprint density at radius 2 is 1.89 bits per heavy atom. The highest BCUT2D eigenvalue weighted by Crippen LogP contribution is 2.39. The molecule has 0 aliphatic heterocycles. The third kappa shape index (κ3) is 4.31. The number of alkyl carbamates (subject to hydrolysis) is 1. The molecule has 0 saturated heterocycles. The summed E-state index contributed by atoms with van der Waals surface area (Å²) in [5.74, 6) is -0.404. The van der Waals surface area contributed by atoms with Gasteiger partial charge in [0.25, 0.3) is 11.8 Å². The predicted octanol–water partition coefficient (Wildman–Crippen LogP) is 4.27. The van der Waals surface area contributed by atoms with Crippen LogP contribution in [0.1, 0.15) is 44.5 Å². The quantitative estimate of drug-likeness (QED) is 0.796.